The minimum Gasteiger partial charge on any atom is -0.392 e. The number of thioether (sulfide) groups is 1. The summed E-state index contributed by atoms with van der Waals surface area (Å²) < 4.78 is 0. The highest BCUT2D eigenvalue weighted by Crippen LogP contribution is 2.23. The number of aliphatic hydroxyl groups excluding tert-OH is 1. The summed E-state index contributed by atoms with van der Waals surface area (Å²) >= 11 is 1.89. The third-order valence-corrected chi connectivity index (χ3v) is 3.87. The molecule has 0 bridgehead atoms. The van der Waals surface area contributed by atoms with Gasteiger partial charge in [0.15, 0.2) is 0 Å². The van der Waals surface area contributed by atoms with Crippen LogP contribution in [0.2, 0.25) is 0 Å². The first-order chi connectivity index (χ1) is 8.10. The van der Waals surface area contributed by atoms with E-state index in [1.54, 1.807) is 0 Å². The summed E-state index contributed by atoms with van der Waals surface area (Å²) in [7, 11) is 2.14. The van der Waals surface area contributed by atoms with E-state index in [-0.39, 0.29) is 6.61 Å². The Morgan fingerprint density at radius 1 is 1.41 bits per heavy atom. The Kier molecular flexibility index (Phi) is 5.86. The van der Waals surface area contributed by atoms with Crippen LogP contribution >= 0.6 is 11.8 Å². The molecule has 0 fully saturated rings. The van der Waals surface area contributed by atoms with Gasteiger partial charge in [0.2, 0.25) is 0 Å². The van der Waals surface area contributed by atoms with Crippen molar-refractivity contribution in [1.29, 1.82) is 0 Å². The van der Waals surface area contributed by atoms with E-state index in [4.69, 9.17) is 5.11 Å². The van der Waals surface area contributed by atoms with Crippen LogP contribution in [-0.4, -0.2) is 30.2 Å². The fourth-order valence-electron chi connectivity index (χ4n) is 1.93. The molecule has 1 atom stereocenters. The maximum atomic E-state index is 9.10. The van der Waals surface area contributed by atoms with Gasteiger partial charge in [-0.25, -0.2) is 0 Å². The van der Waals surface area contributed by atoms with E-state index in [1.807, 2.05) is 17.8 Å². The smallest absolute Gasteiger partial charge is 0.0681 e. The average Bonchev–Trinajstić information content (AvgIpc) is 2.34. The second-order valence-corrected chi connectivity index (χ2v) is 5.51. The molecule has 2 nitrogen and oxygen atoms in total. The first-order valence-corrected chi connectivity index (χ1v) is 7.41. The number of benzene rings is 1. The van der Waals surface area contributed by atoms with Crippen molar-refractivity contribution in [1.82, 2.24) is 0 Å². The first-order valence-electron chi connectivity index (χ1n) is 6.02. The van der Waals surface area contributed by atoms with Gasteiger partial charge in [-0.2, -0.15) is 11.8 Å². The molecule has 0 saturated carbocycles. The summed E-state index contributed by atoms with van der Waals surface area (Å²) in [6.07, 6.45) is 3.34. The molecule has 1 unspecified atom stereocenters. The van der Waals surface area contributed by atoms with Crippen LogP contribution in [0.1, 0.15) is 24.5 Å². The van der Waals surface area contributed by atoms with Crippen molar-refractivity contribution in [2.75, 3.05) is 24.0 Å². The van der Waals surface area contributed by atoms with Crippen LogP contribution in [-0.2, 0) is 6.61 Å². The third-order valence-electron chi connectivity index (χ3n) is 3.22. The maximum absolute atomic E-state index is 9.10. The molecular weight excluding hydrogens is 230 g/mol. The van der Waals surface area contributed by atoms with Crippen LogP contribution < -0.4 is 4.90 Å². The lowest BCUT2D eigenvalue weighted by Gasteiger charge is -2.28. The summed E-state index contributed by atoms with van der Waals surface area (Å²) in [6, 6.07) is 6.71. The van der Waals surface area contributed by atoms with E-state index in [0.29, 0.717) is 6.04 Å². The van der Waals surface area contributed by atoms with Crippen molar-refractivity contribution >= 4 is 17.4 Å². The Labute approximate surface area is 109 Å². The number of aliphatic hydroxyl groups is 1. The van der Waals surface area contributed by atoms with Crippen molar-refractivity contribution in [2.45, 2.75) is 32.9 Å². The van der Waals surface area contributed by atoms with Crippen molar-refractivity contribution in [3.8, 4) is 0 Å². The standard InChI is InChI=1S/C14H23NOS/c1-11-9-13(10-16)5-6-14(11)15(3)12(2)7-8-17-4/h5-6,9,12,16H,7-8,10H2,1-4H3. The van der Waals surface area contributed by atoms with E-state index in [2.05, 4.69) is 44.2 Å². The highest BCUT2D eigenvalue weighted by Gasteiger charge is 2.11. The summed E-state index contributed by atoms with van der Waals surface area (Å²) in [5, 5.41) is 9.10. The van der Waals surface area contributed by atoms with Gasteiger partial charge in [-0.05, 0) is 49.5 Å². The molecule has 0 spiro atoms. The normalized spacial score (nSPS) is 12.5. The monoisotopic (exact) mass is 253 g/mol. The van der Waals surface area contributed by atoms with Crippen molar-refractivity contribution in [2.24, 2.45) is 0 Å². The second kappa shape index (κ2) is 6.92. The molecule has 0 aliphatic carbocycles. The number of aryl methyl sites for hydroxylation is 1. The Bertz CT molecular complexity index is 354. The molecule has 96 valence electrons. The largest absolute Gasteiger partial charge is 0.392 e. The molecule has 1 aromatic rings. The minimum absolute atomic E-state index is 0.118. The predicted octanol–water partition coefficient (Wildman–Crippen LogP) is 3.07. The van der Waals surface area contributed by atoms with Gasteiger partial charge >= 0.3 is 0 Å². The fourth-order valence-corrected chi connectivity index (χ4v) is 2.51. The van der Waals surface area contributed by atoms with Gasteiger partial charge < -0.3 is 10.0 Å². The Morgan fingerprint density at radius 2 is 2.12 bits per heavy atom. The zero-order valence-corrected chi connectivity index (χ0v) is 12.0. The number of hydrogen-bond acceptors (Lipinski definition) is 3. The van der Waals surface area contributed by atoms with Crippen molar-refractivity contribution < 1.29 is 5.11 Å². The minimum atomic E-state index is 0.118. The first kappa shape index (κ1) is 14.4. The van der Waals surface area contributed by atoms with Crippen LogP contribution in [0.3, 0.4) is 0 Å². The molecule has 0 aromatic heterocycles. The van der Waals surface area contributed by atoms with E-state index in [1.165, 1.54) is 23.4 Å². The number of rotatable bonds is 6. The molecule has 0 aliphatic rings. The van der Waals surface area contributed by atoms with E-state index >= 15 is 0 Å². The Morgan fingerprint density at radius 3 is 2.65 bits per heavy atom. The summed E-state index contributed by atoms with van der Waals surface area (Å²) in [5.41, 5.74) is 3.47. The second-order valence-electron chi connectivity index (χ2n) is 4.52. The van der Waals surface area contributed by atoms with Crippen LogP contribution in [0.25, 0.3) is 0 Å². The number of hydrogen-bond donors (Lipinski definition) is 1. The van der Waals surface area contributed by atoms with Gasteiger partial charge in [-0.15, -0.1) is 0 Å². The lowest BCUT2D eigenvalue weighted by atomic mass is 10.1. The maximum Gasteiger partial charge on any atom is 0.0681 e. The molecule has 3 heteroatoms. The topological polar surface area (TPSA) is 23.5 Å². The van der Waals surface area contributed by atoms with Gasteiger partial charge in [0, 0.05) is 18.8 Å². The lowest BCUT2D eigenvalue weighted by Crippen LogP contribution is -2.29. The molecule has 0 aliphatic heterocycles. The molecule has 0 radical (unpaired) electrons. The predicted molar refractivity (Wildman–Crippen MR) is 78.0 cm³/mol. The van der Waals surface area contributed by atoms with Gasteiger partial charge in [-0.3, -0.25) is 0 Å². The van der Waals surface area contributed by atoms with Crippen LogP contribution in [0.5, 0.6) is 0 Å². The highest BCUT2D eigenvalue weighted by atomic mass is 32.2. The van der Waals surface area contributed by atoms with E-state index in [9.17, 15) is 0 Å². The summed E-state index contributed by atoms with van der Waals surface area (Å²) in [4.78, 5) is 2.33. The molecule has 1 N–H and O–H groups in total. The van der Waals surface area contributed by atoms with E-state index in [0.717, 1.165) is 5.56 Å². The van der Waals surface area contributed by atoms with Gasteiger partial charge in [0.25, 0.3) is 0 Å². The number of anilines is 1. The molecule has 0 heterocycles. The van der Waals surface area contributed by atoms with Gasteiger partial charge in [0.1, 0.15) is 0 Å². The Hall–Kier alpha value is -0.670. The molecule has 17 heavy (non-hydrogen) atoms. The average molecular weight is 253 g/mol. The fraction of sp³-hybridized carbons (Fsp3) is 0.571. The molecule has 0 amide bonds. The molecule has 1 rings (SSSR count). The zero-order valence-electron chi connectivity index (χ0n) is 11.2. The van der Waals surface area contributed by atoms with Crippen molar-refractivity contribution in [3.63, 3.8) is 0 Å². The summed E-state index contributed by atoms with van der Waals surface area (Å²) in [5.74, 6) is 1.19. The van der Waals surface area contributed by atoms with Crippen LogP contribution in [0.4, 0.5) is 5.69 Å². The number of nitrogens with zero attached hydrogens (tertiary/aromatic N) is 1. The van der Waals surface area contributed by atoms with Crippen LogP contribution in [0, 0.1) is 6.92 Å². The molecule has 1 aromatic carbocycles. The third kappa shape index (κ3) is 3.93. The highest BCUT2D eigenvalue weighted by molar-refractivity contribution is 7.98. The van der Waals surface area contributed by atoms with Crippen LogP contribution in [0.15, 0.2) is 18.2 Å². The quantitative estimate of drug-likeness (QED) is 0.843. The van der Waals surface area contributed by atoms with Gasteiger partial charge in [0.05, 0.1) is 6.61 Å². The molecular formula is C14H23NOS. The zero-order chi connectivity index (χ0) is 12.8. The Balaban J connectivity index is 2.77. The summed E-state index contributed by atoms with van der Waals surface area (Å²) in [6.45, 7) is 4.48. The SMILES string of the molecule is CSCCC(C)N(C)c1ccc(CO)cc1C. The van der Waals surface area contributed by atoms with Gasteiger partial charge in [-0.1, -0.05) is 12.1 Å². The lowest BCUT2D eigenvalue weighted by molar-refractivity contribution is 0.282. The van der Waals surface area contributed by atoms with E-state index < -0.39 is 0 Å². The van der Waals surface area contributed by atoms with Crippen molar-refractivity contribution in [3.05, 3.63) is 29.3 Å². The molecule has 0 saturated heterocycles.